The Balaban J connectivity index is 0.000000261. The maximum absolute atomic E-state index is 10.2. The van der Waals surface area contributed by atoms with Crippen molar-refractivity contribution in [2.45, 2.75) is 12.5 Å². The third-order valence-electron chi connectivity index (χ3n) is 1.04. The number of carbonyl (C=O) groups is 2. The fourth-order valence-corrected chi connectivity index (χ4v) is 0.540. The van der Waals surface area contributed by atoms with Gasteiger partial charge in [0.2, 0.25) is 5.91 Å². The highest BCUT2D eigenvalue weighted by molar-refractivity contribution is 6.04. The van der Waals surface area contributed by atoms with Crippen LogP contribution in [0.5, 0.6) is 0 Å². The quantitative estimate of drug-likeness (QED) is 0.328. The van der Waals surface area contributed by atoms with Crippen LogP contribution in [0.2, 0.25) is 0 Å². The summed E-state index contributed by atoms with van der Waals surface area (Å²) >= 11 is 0. The lowest BCUT2D eigenvalue weighted by Crippen LogP contribution is -2.24. The summed E-state index contributed by atoms with van der Waals surface area (Å²) in [7, 11) is 0. The molecule has 1 unspecified atom stereocenters. The highest BCUT2D eigenvalue weighted by Gasteiger charge is 2.27. The highest BCUT2D eigenvalue weighted by atomic mass is 16.3. The molecule has 2 amide bonds. The van der Waals surface area contributed by atoms with E-state index >= 15 is 0 Å². The minimum Gasteiger partial charge on any atom is -0.394 e. The monoisotopic (exact) mass is 177 g/mol. The fraction of sp³-hybridized carbons (Fsp3) is 0.667. The van der Waals surface area contributed by atoms with Gasteiger partial charge in [-0.3, -0.25) is 14.9 Å². The second-order valence-electron chi connectivity index (χ2n) is 2.08. The summed E-state index contributed by atoms with van der Waals surface area (Å²) in [4.78, 5) is 20.4. The Bertz CT molecular complexity index is 167. The molecule has 4 N–H and O–H groups in total. The van der Waals surface area contributed by atoms with Gasteiger partial charge in [0.15, 0.2) is 0 Å². The number of carbonyl (C=O) groups excluding carboxylic acids is 2. The second-order valence-corrected chi connectivity index (χ2v) is 2.08. The van der Waals surface area contributed by atoms with Crippen molar-refractivity contribution in [3.05, 3.63) is 0 Å². The van der Waals surface area contributed by atoms with Gasteiger partial charge in [0.25, 0.3) is 5.91 Å². The summed E-state index contributed by atoms with van der Waals surface area (Å²) in [6.45, 7) is -0.250. The zero-order valence-electron chi connectivity index (χ0n) is 6.36. The van der Waals surface area contributed by atoms with Crippen LogP contribution in [-0.2, 0) is 9.59 Å². The molecule has 0 aromatic carbocycles. The maximum atomic E-state index is 10.2. The first-order valence-corrected chi connectivity index (χ1v) is 3.35. The molecule has 12 heavy (non-hydrogen) atoms. The van der Waals surface area contributed by atoms with Gasteiger partial charge in [-0.05, 0) is 0 Å². The van der Waals surface area contributed by atoms with Crippen molar-refractivity contribution in [2.24, 2.45) is 0 Å². The van der Waals surface area contributed by atoms with E-state index in [1.54, 1.807) is 0 Å². The molecule has 0 bridgehead atoms. The van der Waals surface area contributed by atoms with Crippen molar-refractivity contribution >= 4 is 11.8 Å². The van der Waals surface area contributed by atoms with Crippen molar-refractivity contribution < 1.29 is 24.9 Å². The maximum Gasteiger partial charge on any atom is 0.255 e. The van der Waals surface area contributed by atoms with Crippen LogP contribution < -0.4 is 5.32 Å². The summed E-state index contributed by atoms with van der Waals surface area (Å²) < 4.78 is 0. The molecule has 1 aliphatic heterocycles. The van der Waals surface area contributed by atoms with Crippen LogP contribution in [0.4, 0.5) is 0 Å². The number of aliphatic hydroxyl groups excluding tert-OH is 3. The third-order valence-corrected chi connectivity index (χ3v) is 1.04. The molecule has 70 valence electrons. The fourth-order valence-electron chi connectivity index (χ4n) is 0.540. The summed E-state index contributed by atoms with van der Waals surface area (Å²) in [6, 6.07) is 0. The molecule has 0 aliphatic carbocycles. The second kappa shape index (κ2) is 5.64. The van der Waals surface area contributed by atoms with Gasteiger partial charge < -0.3 is 15.3 Å². The van der Waals surface area contributed by atoms with E-state index in [1.165, 1.54) is 0 Å². The van der Waals surface area contributed by atoms with E-state index in [-0.39, 0.29) is 19.6 Å². The average Bonchev–Trinajstić information content (AvgIpc) is 2.30. The van der Waals surface area contributed by atoms with E-state index in [9.17, 15) is 9.59 Å². The third kappa shape index (κ3) is 4.02. The van der Waals surface area contributed by atoms with Gasteiger partial charge in [0.05, 0.1) is 19.6 Å². The zero-order valence-corrected chi connectivity index (χ0v) is 6.36. The van der Waals surface area contributed by atoms with Crippen molar-refractivity contribution in [3.63, 3.8) is 0 Å². The number of rotatable bonds is 1. The molecule has 1 heterocycles. The first kappa shape index (κ1) is 11.0. The molecule has 0 spiro atoms. The van der Waals surface area contributed by atoms with E-state index in [1.807, 2.05) is 5.32 Å². The van der Waals surface area contributed by atoms with Gasteiger partial charge in [0.1, 0.15) is 6.10 Å². The van der Waals surface area contributed by atoms with Gasteiger partial charge >= 0.3 is 0 Å². The number of hydrogen-bond donors (Lipinski definition) is 4. The summed E-state index contributed by atoms with van der Waals surface area (Å²) in [6.07, 6.45) is -1.19. The van der Waals surface area contributed by atoms with Crippen LogP contribution in [0.15, 0.2) is 0 Å². The lowest BCUT2D eigenvalue weighted by molar-refractivity contribution is -0.127. The zero-order chi connectivity index (χ0) is 9.56. The Morgan fingerprint density at radius 3 is 1.92 bits per heavy atom. The summed E-state index contributed by atoms with van der Waals surface area (Å²) in [5.74, 6) is -0.988. The van der Waals surface area contributed by atoms with Crippen molar-refractivity contribution in [1.29, 1.82) is 0 Å². The molecule has 1 rings (SSSR count). The van der Waals surface area contributed by atoms with Crippen LogP contribution in [-0.4, -0.2) is 46.5 Å². The van der Waals surface area contributed by atoms with Crippen LogP contribution >= 0.6 is 0 Å². The molecule has 1 atom stereocenters. The Kier molecular flexibility index (Phi) is 5.18. The standard InChI is InChI=1S/C4H5NO3.C2H6O2/c6-2-1-3(7)5-4(2)8;3-1-2-4/h2,6H,1H2,(H,5,7,8);3-4H,1-2H2. The van der Waals surface area contributed by atoms with Crippen LogP contribution in [0.1, 0.15) is 6.42 Å². The Morgan fingerprint density at radius 2 is 1.83 bits per heavy atom. The Labute approximate surface area is 68.8 Å². The number of amides is 2. The lowest BCUT2D eigenvalue weighted by atomic mass is 10.3. The first-order valence-electron chi connectivity index (χ1n) is 3.35. The predicted octanol–water partition coefficient (Wildman–Crippen LogP) is -2.64. The Hall–Kier alpha value is -0.980. The van der Waals surface area contributed by atoms with Crippen LogP contribution in [0, 0.1) is 0 Å². The highest BCUT2D eigenvalue weighted by Crippen LogP contribution is 1.98. The van der Waals surface area contributed by atoms with E-state index in [0.29, 0.717) is 0 Å². The van der Waals surface area contributed by atoms with E-state index < -0.39 is 17.9 Å². The topological polar surface area (TPSA) is 107 Å². The average molecular weight is 177 g/mol. The van der Waals surface area contributed by atoms with Gasteiger partial charge in [-0.25, -0.2) is 0 Å². The molecule has 0 radical (unpaired) electrons. The van der Waals surface area contributed by atoms with Crippen molar-refractivity contribution in [2.75, 3.05) is 13.2 Å². The molecule has 0 aromatic rings. The Morgan fingerprint density at radius 1 is 1.33 bits per heavy atom. The van der Waals surface area contributed by atoms with Crippen molar-refractivity contribution in [1.82, 2.24) is 5.32 Å². The van der Waals surface area contributed by atoms with Crippen LogP contribution in [0.3, 0.4) is 0 Å². The predicted molar refractivity (Wildman–Crippen MR) is 37.9 cm³/mol. The number of nitrogens with one attached hydrogen (secondary N) is 1. The van der Waals surface area contributed by atoms with E-state index in [2.05, 4.69) is 0 Å². The lowest BCUT2D eigenvalue weighted by Gasteiger charge is -1.88. The van der Waals surface area contributed by atoms with Gasteiger partial charge in [-0.15, -0.1) is 0 Å². The van der Waals surface area contributed by atoms with Crippen LogP contribution in [0.25, 0.3) is 0 Å². The number of imide groups is 1. The molecule has 6 heteroatoms. The molecule has 0 saturated carbocycles. The molecule has 0 aromatic heterocycles. The van der Waals surface area contributed by atoms with Crippen molar-refractivity contribution in [3.8, 4) is 0 Å². The smallest absolute Gasteiger partial charge is 0.255 e. The SMILES string of the molecule is O=C1CC(O)C(=O)N1.OCCO. The number of aliphatic hydroxyl groups is 3. The van der Waals surface area contributed by atoms with Gasteiger partial charge in [-0.1, -0.05) is 0 Å². The van der Waals surface area contributed by atoms with E-state index in [4.69, 9.17) is 15.3 Å². The minimum atomic E-state index is -1.11. The minimum absolute atomic E-state index is 0.0845. The number of hydrogen-bond acceptors (Lipinski definition) is 5. The first-order chi connectivity index (χ1) is 5.61. The van der Waals surface area contributed by atoms with Gasteiger partial charge in [0, 0.05) is 0 Å². The normalized spacial score (nSPS) is 21.4. The molecule has 1 fully saturated rings. The van der Waals surface area contributed by atoms with Gasteiger partial charge in [-0.2, -0.15) is 0 Å². The molecule has 1 aliphatic rings. The molecule has 1 saturated heterocycles. The summed E-state index contributed by atoms with van der Waals surface area (Å²) in [5, 5.41) is 25.7. The largest absolute Gasteiger partial charge is 0.394 e. The summed E-state index contributed by atoms with van der Waals surface area (Å²) in [5.41, 5.74) is 0. The molecule has 6 nitrogen and oxygen atoms in total. The molecular weight excluding hydrogens is 166 g/mol. The molecular formula is C6H11NO5. The van der Waals surface area contributed by atoms with E-state index in [0.717, 1.165) is 0 Å².